The first-order chi connectivity index (χ1) is 15.5. The molecule has 2 aromatic rings. The molecule has 186 valence electrons. The number of nitro groups is 1. The highest BCUT2D eigenvalue weighted by Crippen LogP contribution is 2.50. The second-order valence-corrected chi connectivity index (χ2v) is 11.8. The van der Waals surface area contributed by atoms with Crippen LogP contribution in [0.3, 0.4) is 0 Å². The number of Topliss-reactive ketones (excluding diaryl/α,β-unsaturated/α-hetero) is 1. The molecule has 0 radical (unpaired) electrons. The van der Waals surface area contributed by atoms with Crippen LogP contribution in [0.2, 0.25) is 5.02 Å². The van der Waals surface area contributed by atoms with Gasteiger partial charge < -0.3 is 9.26 Å². The molecule has 0 fully saturated rings. The van der Waals surface area contributed by atoms with Gasteiger partial charge in [0.05, 0.1) is 10.5 Å². The molecule has 1 aromatic carbocycles. The van der Waals surface area contributed by atoms with E-state index < -0.39 is 62.1 Å². The summed E-state index contributed by atoms with van der Waals surface area (Å²) in [5.41, 5.74) is -1.70. The van der Waals surface area contributed by atoms with Crippen molar-refractivity contribution in [1.82, 2.24) is 4.98 Å². The van der Waals surface area contributed by atoms with Gasteiger partial charge in [-0.2, -0.15) is 13.2 Å². The number of hydrogen-bond acceptors (Lipinski definition) is 7. The third kappa shape index (κ3) is 6.60. The number of hydrogen-bond donors (Lipinski definition) is 0. The smallest absolute Gasteiger partial charge is 0.417 e. The van der Waals surface area contributed by atoms with Crippen LogP contribution in [-0.2, 0) is 20.1 Å². The number of halogens is 6. The van der Waals surface area contributed by atoms with Gasteiger partial charge in [0, 0.05) is 24.5 Å². The van der Waals surface area contributed by atoms with Crippen molar-refractivity contribution in [3.63, 3.8) is 0 Å². The topological polar surface area (TPSA) is 109 Å². The fraction of sp³-hybridized carbons (Fsp3) is 0.368. The molecular weight excluding hydrogens is 547 g/mol. The van der Waals surface area contributed by atoms with Crippen molar-refractivity contribution in [3.05, 3.63) is 51.2 Å². The van der Waals surface area contributed by atoms with E-state index in [1.165, 1.54) is 20.8 Å². The molecule has 1 aromatic heterocycles. The number of nitrogens with zero attached hydrogens (tertiary/aromatic N) is 2. The number of carbonyl (C=O) groups excluding carboxylic acids is 1. The Hall–Kier alpha value is -1.91. The van der Waals surface area contributed by atoms with Crippen molar-refractivity contribution < 1.29 is 36.7 Å². The monoisotopic (exact) mass is 562 g/mol. The van der Waals surface area contributed by atoms with E-state index >= 15 is 0 Å². The first-order valence-electron chi connectivity index (χ1n) is 9.38. The van der Waals surface area contributed by atoms with Gasteiger partial charge in [0.25, 0.3) is 5.69 Å². The lowest BCUT2D eigenvalue weighted by atomic mass is 10.2. The van der Waals surface area contributed by atoms with Gasteiger partial charge in [-0.3, -0.25) is 19.5 Å². The minimum atomic E-state index is -4.68. The van der Waals surface area contributed by atoms with Crippen LogP contribution in [0.25, 0.3) is 0 Å². The Balaban J connectivity index is 2.49. The first-order valence-corrected chi connectivity index (χ1v) is 12.3. The number of ketones is 1. The number of rotatable bonds is 9. The lowest BCUT2D eigenvalue weighted by Gasteiger charge is -2.24. The lowest BCUT2D eigenvalue weighted by molar-refractivity contribution is -0.383. The summed E-state index contributed by atoms with van der Waals surface area (Å²) in [6.45, 7) is 3.85. The van der Waals surface area contributed by atoms with Crippen LogP contribution >= 0.6 is 42.2 Å². The largest absolute Gasteiger partial charge is 0.438 e. The number of nitro benzene ring substituents is 1. The highest BCUT2D eigenvalue weighted by atomic mass is 35.5. The number of aromatic nitrogens is 1. The molecule has 0 N–H and O–H groups in total. The van der Waals surface area contributed by atoms with Crippen molar-refractivity contribution in [1.29, 1.82) is 0 Å². The SMILES string of the molecule is CCP(=O)(OC(C)C(=O)C(C)(Cl)Cl)c1cc(Oc2ncc(C(F)(F)F)cc2Cl)ccc1[N+](=O)[O-]. The molecule has 0 aliphatic carbocycles. The van der Waals surface area contributed by atoms with Gasteiger partial charge in [0.1, 0.15) is 22.2 Å². The van der Waals surface area contributed by atoms with Crippen LogP contribution in [0.15, 0.2) is 30.5 Å². The Morgan fingerprint density at radius 2 is 1.91 bits per heavy atom. The summed E-state index contributed by atoms with van der Waals surface area (Å²) < 4.78 is 61.0. The predicted octanol–water partition coefficient (Wildman–Crippen LogP) is 6.55. The molecule has 2 rings (SSSR count). The lowest BCUT2D eigenvalue weighted by Crippen LogP contribution is -2.34. The molecule has 0 saturated heterocycles. The normalized spacial score (nSPS) is 14.9. The summed E-state index contributed by atoms with van der Waals surface area (Å²) in [6.07, 6.45) is -5.83. The average molecular weight is 564 g/mol. The van der Waals surface area contributed by atoms with E-state index in [-0.39, 0.29) is 11.9 Å². The zero-order valence-corrected chi connectivity index (χ0v) is 20.9. The Kier molecular flexibility index (Phi) is 8.64. The molecule has 2 unspecified atom stereocenters. The van der Waals surface area contributed by atoms with Gasteiger partial charge in [-0.1, -0.05) is 41.7 Å². The highest BCUT2D eigenvalue weighted by Gasteiger charge is 2.40. The van der Waals surface area contributed by atoms with E-state index in [9.17, 15) is 32.6 Å². The third-order valence-electron chi connectivity index (χ3n) is 4.41. The molecule has 0 aliphatic heterocycles. The molecule has 0 amide bonds. The summed E-state index contributed by atoms with van der Waals surface area (Å²) in [4.78, 5) is 26.6. The maximum atomic E-state index is 13.6. The molecule has 0 saturated carbocycles. The minimum Gasteiger partial charge on any atom is -0.438 e. The Labute approximate surface area is 206 Å². The summed E-state index contributed by atoms with van der Waals surface area (Å²) in [6, 6.07) is 3.68. The average Bonchev–Trinajstić information content (AvgIpc) is 2.72. The first kappa shape index (κ1) is 28.3. The van der Waals surface area contributed by atoms with Gasteiger partial charge >= 0.3 is 6.18 Å². The van der Waals surface area contributed by atoms with E-state index in [1.807, 2.05) is 0 Å². The Morgan fingerprint density at radius 1 is 1.29 bits per heavy atom. The summed E-state index contributed by atoms with van der Waals surface area (Å²) in [5, 5.41) is 10.7. The van der Waals surface area contributed by atoms with E-state index in [4.69, 9.17) is 44.1 Å². The van der Waals surface area contributed by atoms with Gasteiger partial charge in [-0.05, 0) is 26.0 Å². The molecule has 34 heavy (non-hydrogen) atoms. The fourth-order valence-corrected chi connectivity index (χ4v) is 5.27. The molecule has 0 spiro atoms. The number of carbonyl (C=O) groups is 1. The van der Waals surface area contributed by atoms with Gasteiger partial charge in [-0.25, -0.2) is 4.98 Å². The fourth-order valence-electron chi connectivity index (χ4n) is 2.72. The summed E-state index contributed by atoms with van der Waals surface area (Å²) >= 11 is 17.4. The number of pyridine rings is 1. The van der Waals surface area contributed by atoms with Crippen molar-refractivity contribution >= 4 is 58.9 Å². The van der Waals surface area contributed by atoms with E-state index in [0.29, 0.717) is 12.3 Å². The van der Waals surface area contributed by atoms with E-state index in [0.717, 1.165) is 18.2 Å². The van der Waals surface area contributed by atoms with Crippen LogP contribution in [0.4, 0.5) is 18.9 Å². The predicted molar refractivity (Wildman–Crippen MR) is 121 cm³/mol. The maximum Gasteiger partial charge on any atom is 0.417 e. The van der Waals surface area contributed by atoms with Crippen molar-refractivity contribution in [2.75, 3.05) is 6.16 Å². The number of benzene rings is 1. The zero-order chi connectivity index (χ0) is 26.1. The Bertz CT molecular complexity index is 1160. The van der Waals surface area contributed by atoms with Gasteiger partial charge in [0.15, 0.2) is 10.1 Å². The second-order valence-electron chi connectivity index (χ2n) is 7.01. The standard InChI is InChI=1S/C19H17Cl3F3N2O6P/c1-4-34(31,33-10(2)16(28)18(3,21)22)15-8-12(5-6-14(15)27(29)30)32-17-13(20)7-11(9-26-17)19(23,24)25/h5-10H,4H2,1-3H3. The molecule has 15 heteroatoms. The molecule has 0 bridgehead atoms. The summed E-state index contributed by atoms with van der Waals surface area (Å²) in [7, 11) is -4.06. The molecule has 0 aliphatic rings. The molecule has 1 heterocycles. The number of alkyl halides is 5. The maximum absolute atomic E-state index is 13.6. The zero-order valence-electron chi connectivity index (χ0n) is 17.7. The van der Waals surface area contributed by atoms with Crippen molar-refractivity contribution in [2.24, 2.45) is 0 Å². The quantitative estimate of drug-likeness (QED) is 0.147. The van der Waals surface area contributed by atoms with Gasteiger partial charge in [0.2, 0.25) is 13.2 Å². The summed E-state index contributed by atoms with van der Waals surface area (Å²) in [5.74, 6) is -1.42. The van der Waals surface area contributed by atoms with Crippen LogP contribution in [0, 0.1) is 10.1 Å². The molecule has 8 nitrogen and oxygen atoms in total. The minimum absolute atomic E-state index is 0.175. The van der Waals surface area contributed by atoms with E-state index in [2.05, 4.69) is 4.98 Å². The van der Waals surface area contributed by atoms with Crippen LogP contribution in [0.5, 0.6) is 11.6 Å². The van der Waals surface area contributed by atoms with Crippen molar-refractivity contribution in [2.45, 2.75) is 37.4 Å². The van der Waals surface area contributed by atoms with E-state index in [1.54, 1.807) is 0 Å². The highest BCUT2D eigenvalue weighted by molar-refractivity contribution is 7.67. The molecule has 2 atom stereocenters. The van der Waals surface area contributed by atoms with Gasteiger partial charge in [-0.15, -0.1) is 0 Å². The second kappa shape index (κ2) is 10.4. The van der Waals surface area contributed by atoms with Crippen LogP contribution in [0.1, 0.15) is 26.3 Å². The molecular formula is C19H17Cl3F3N2O6P. The Morgan fingerprint density at radius 3 is 2.38 bits per heavy atom. The van der Waals surface area contributed by atoms with Crippen LogP contribution in [-0.4, -0.2) is 32.3 Å². The third-order valence-corrected chi connectivity index (χ3v) is 7.63. The number of ether oxygens (including phenoxy) is 1. The van der Waals surface area contributed by atoms with Crippen LogP contribution < -0.4 is 10.0 Å². The van der Waals surface area contributed by atoms with Crippen molar-refractivity contribution in [3.8, 4) is 11.6 Å².